The second kappa shape index (κ2) is 6.18. The molecule has 0 radical (unpaired) electrons. The fraction of sp³-hybridized carbons (Fsp3) is 0.211. The van der Waals surface area contributed by atoms with Gasteiger partial charge in [-0.3, -0.25) is 4.68 Å². The van der Waals surface area contributed by atoms with Crippen LogP contribution in [0.25, 0.3) is 33.5 Å². The van der Waals surface area contributed by atoms with E-state index in [1.54, 1.807) is 13.3 Å². The standard InChI is InChI=1S/C19H20N6O/c1-11(2)25-10-13(9-22-25)12-6-15(18(20)21-8-12)19-23-16-5-4-14(26-3)7-17(16)24-19/h4-11H,1-3H3,(H2,20,21)(H,23,24). The number of aromatic nitrogens is 5. The normalized spacial score (nSPS) is 11.4. The molecule has 0 aliphatic rings. The zero-order chi connectivity index (χ0) is 18.3. The van der Waals surface area contributed by atoms with E-state index in [9.17, 15) is 0 Å². The molecule has 26 heavy (non-hydrogen) atoms. The third-order valence-electron chi connectivity index (χ3n) is 4.33. The highest BCUT2D eigenvalue weighted by Gasteiger charge is 2.13. The van der Waals surface area contributed by atoms with Crippen LogP contribution in [0.2, 0.25) is 0 Å². The molecule has 0 saturated heterocycles. The van der Waals surface area contributed by atoms with Gasteiger partial charge in [-0.1, -0.05) is 0 Å². The van der Waals surface area contributed by atoms with Gasteiger partial charge >= 0.3 is 0 Å². The molecule has 0 aliphatic carbocycles. The molecular weight excluding hydrogens is 328 g/mol. The number of nitrogens with one attached hydrogen (secondary N) is 1. The number of fused-ring (bicyclic) bond motifs is 1. The van der Waals surface area contributed by atoms with E-state index in [0.717, 1.165) is 33.5 Å². The fourth-order valence-corrected chi connectivity index (χ4v) is 2.84. The maximum atomic E-state index is 6.11. The van der Waals surface area contributed by atoms with Crippen LogP contribution in [0.15, 0.2) is 42.9 Å². The molecule has 0 fully saturated rings. The summed E-state index contributed by atoms with van der Waals surface area (Å²) < 4.78 is 7.18. The summed E-state index contributed by atoms with van der Waals surface area (Å²) in [6, 6.07) is 7.99. The Bertz CT molecular complexity index is 1080. The SMILES string of the molecule is COc1ccc2nc(-c3cc(-c4cnn(C(C)C)c4)cnc3N)[nH]c2c1. The molecule has 0 unspecified atom stereocenters. The lowest BCUT2D eigenvalue weighted by Gasteiger charge is -2.05. The van der Waals surface area contributed by atoms with Gasteiger partial charge in [0.1, 0.15) is 17.4 Å². The van der Waals surface area contributed by atoms with E-state index in [-0.39, 0.29) is 0 Å². The van der Waals surface area contributed by atoms with Crippen LogP contribution in [-0.4, -0.2) is 31.8 Å². The van der Waals surface area contributed by atoms with Crippen molar-refractivity contribution in [2.24, 2.45) is 0 Å². The molecule has 0 amide bonds. The number of nitrogens with two attached hydrogens (primary N) is 1. The van der Waals surface area contributed by atoms with Gasteiger partial charge < -0.3 is 15.5 Å². The number of nitrogens with zero attached hydrogens (tertiary/aromatic N) is 4. The fourth-order valence-electron chi connectivity index (χ4n) is 2.84. The van der Waals surface area contributed by atoms with Crippen molar-refractivity contribution in [1.82, 2.24) is 24.7 Å². The first-order chi connectivity index (χ1) is 12.5. The summed E-state index contributed by atoms with van der Waals surface area (Å²) in [7, 11) is 1.64. The summed E-state index contributed by atoms with van der Waals surface area (Å²) in [6.45, 7) is 4.18. The minimum atomic E-state index is 0.301. The lowest BCUT2D eigenvalue weighted by atomic mass is 10.1. The second-order valence-corrected chi connectivity index (χ2v) is 6.43. The van der Waals surface area contributed by atoms with Gasteiger partial charge in [0.25, 0.3) is 0 Å². The monoisotopic (exact) mass is 348 g/mol. The van der Waals surface area contributed by atoms with Crippen LogP contribution in [-0.2, 0) is 0 Å². The molecule has 132 valence electrons. The smallest absolute Gasteiger partial charge is 0.142 e. The average Bonchev–Trinajstić information content (AvgIpc) is 3.28. The first-order valence-electron chi connectivity index (χ1n) is 8.39. The topological polar surface area (TPSA) is 94.6 Å². The number of pyridine rings is 1. The van der Waals surface area contributed by atoms with Crippen molar-refractivity contribution in [2.45, 2.75) is 19.9 Å². The Morgan fingerprint density at radius 2 is 2.00 bits per heavy atom. The summed E-state index contributed by atoms with van der Waals surface area (Å²) in [5, 5.41) is 4.39. The van der Waals surface area contributed by atoms with Crippen molar-refractivity contribution < 1.29 is 4.74 Å². The van der Waals surface area contributed by atoms with Crippen LogP contribution in [0, 0.1) is 0 Å². The maximum Gasteiger partial charge on any atom is 0.142 e. The minimum Gasteiger partial charge on any atom is -0.497 e. The van der Waals surface area contributed by atoms with Crippen molar-refractivity contribution >= 4 is 16.9 Å². The van der Waals surface area contributed by atoms with Gasteiger partial charge in [0.2, 0.25) is 0 Å². The molecule has 4 rings (SSSR count). The Kier molecular flexibility index (Phi) is 3.84. The number of ether oxygens (including phenoxy) is 1. The zero-order valence-electron chi connectivity index (χ0n) is 14.9. The molecule has 7 heteroatoms. The third kappa shape index (κ3) is 2.77. The first kappa shape index (κ1) is 16.1. The molecule has 3 aromatic heterocycles. The number of nitrogen functional groups attached to an aromatic ring is 1. The van der Waals surface area contributed by atoms with Crippen LogP contribution >= 0.6 is 0 Å². The lowest BCUT2D eigenvalue weighted by molar-refractivity contribution is 0.415. The van der Waals surface area contributed by atoms with Crippen LogP contribution in [0.4, 0.5) is 5.82 Å². The van der Waals surface area contributed by atoms with Gasteiger partial charge in [-0.05, 0) is 32.0 Å². The average molecular weight is 348 g/mol. The molecule has 3 heterocycles. The predicted molar refractivity (Wildman–Crippen MR) is 102 cm³/mol. The van der Waals surface area contributed by atoms with Crippen molar-refractivity contribution in [3.05, 3.63) is 42.9 Å². The quantitative estimate of drug-likeness (QED) is 0.587. The summed E-state index contributed by atoms with van der Waals surface area (Å²) in [5.41, 5.74) is 10.5. The van der Waals surface area contributed by atoms with Gasteiger partial charge in [0.15, 0.2) is 0 Å². The van der Waals surface area contributed by atoms with E-state index in [4.69, 9.17) is 10.5 Å². The van der Waals surface area contributed by atoms with E-state index < -0.39 is 0 Å². The Hall–Kier alpha value is -3.35. The van der Waals surface area contributed by atoms with Gasteiger partial charge in [-0.25, -0.2) is 9.97 Å². The van der Waals surface area contributed by atoms with E-state index in [1.165, 1.54) is 0 Å². The van der Waals surface area contributed by atoms with Crippen molar-refractivity contribution in [2.75, 3.05) is 12.8 Å². The molecule has 1 aromatic carbocycles. The summed E-state index contributed by atoms with van der Waals surface area (Å²) >= 11 is 0. The molecular formula is C19H20N6O. The number of H-pyrrole nitrogens is 1. The predicted octanol–water partition coefficient (Wildman–Crippen LogP) is 3.66. The van der Waals surface area contributed by atoms with Crippen molar-refractivity contribution in [3.8, 4) is 28.3 Å². The van der Waals surface area contributed by atoms with E-state index >= 15 is 0 Å². The number of anilines is 1. The molecule has 4 aromatic rings. The Labute approximate surface area is 150 Å². The number of benzene rings is 1. The summed E-state index contributed by atoms with van der Waals surface area (Å²) in [6.07, 6.45) is 5.60. The molecule has 3 N–H and O–H groups in total. The van der Waals surface area contributed by atoms with Gasteiger partial charge in [0, 0.05) is 35.6 Å². The van der Waals surface area contributed by atoms with Crippen molar-refractivity contribution in [1.29, 1.82) is 0 Å². The highest BCUT2D eigenvalue weighted by Crippen LogP contribution is 2.30. The number of hydrogen-bond acceptors (Lipinski definition) is 5. The molecule has 7 nitrogen and oxygen atoms in total. The third-order valence-corrected chi connectivity index (χ3v) is 4.33. The molecule has 0 aliphatic heterocycles. The highest BCUT2D eigenvalue weighted by atomic mass is 16.5. The Balaban J connectivity index is 1.78. The van der Waals surface area contributed by atoms with Gasteiger partial charge in [0.05, 0.1) is 29.9 Å². The lowest BCUT2D eigenvalue weighted by Crippen LogP contribution is -1.99. The molecule has 0 bridgehead atoms. The zero-order valence-corrected chi connectivity index (χ0v) is 14.9. The largest absolute Gasteiger partial charge is 0.497 e. The number of methoxy groups -OCH3 is 1. The summed E-state index contributed by atoms with van der Waals surface area (Å²) in [4.78, 5) is 12.3. The molecule has 0 atom stereocenters. The highest BCUT2D eigenvalue weighted by molar-refractivity contribution is 5.84. The number of imidazole rings is 1. The number of aromatic amines is 1. The van der Waals surface area contributed by atoms with Gasteiger partial charge in [-0.2, -0.15) is 5.10 Å². The maximum absolute atomic E-state index is 6.11. The minimum absolute atomic E-state index is 0.301. The van der Waals surface area contributed by atoms with Crippen LogP contribution < -0.4 is 10.5 Å². The number of rotatable bonds is 4. The van der Waals surface area contributed by atoms with E-state index in [2.05, 4.69) is 33.9 Å². The molecule has 0 saturated carbocycles. The first-order valence-corrected chi connectivity index (χ1v) is 8.39. The van der Waals surface area contributed by atoms with E-state index in [1.807, 2.05) is 41.3 Å². The van der Waals surface area contributed by atoms with Crippen LogP contribution in [0.5, 0.6) is 5.75 Å². The summed E-state index contributed by atoms with van der Waals surface area (Å²) in [5.74, 6) is 1.88. The van der Waals surface area contributed by atoms with Crippen molar-refractivity contribution in [3.63, 3.8) is 0 Å². The Morgan fingerprint density at radius 1 is 1.15 bits per heavy atom. The Morgan fingerprint density at radius 3 is 2.73 bits per heavy atom. The van der Waals surface area contributed by atoms with E-state index in [0.29, 0.717) is 17.7 Å². The number of hydrogen-bond donors (Lipinski definition) is 2. The van der Waals surface area contributed by atoms with Gasteiger partial charge in [-0.15, -0.1) is 0 Å². The molecule has 0 spiro atoms. The second-order valence-electron chi connectivity index (χ2n) is 6.43. The van der Waals surface area contributed by atoms with Crippen LogP contribution in [0.3, 0.4) is 0 Å². The van der Waals surface area contributed by atoms with Crippen LogP contribution in [0.1, 0.15) is 19.9 Å².